The van der Waals surface area contributed by atoms with Crippen molar-refractivity contribution in [3.05, 3.63) is 60.2 Å². The van der Waals surface area contributed by atoms with Crippen LogP contribution >= 0.6 is 0 Å². The average molecular weight is 405 g/mol. The van der Waals surface area contributed by atoms with E-state index in [9.17, 15) is 13.2 Å². The molecule has 2 aromatic carbocycles. The minimum atomic E-state index is -3.64. The van der Waals surface area contributed by atoms with Crippen LogP contribution in [-0.2, 0) is 14.8 Å². The second-order valence-corrected chi connectivity index (χ2v) is 10.0. The molecule has 1 atom stereocenters. The lowest BCUT2D eigenvalue weighted by Crippen LogP contribution is -2.40. The monoisotopic (exact) mass is 404 g/mol. The van der Waals surface area contributed by atoms with Crippen molar-refractivity contribution in [1.29, 1.82) is 0 Å². The number of primary amides is 1. The fourth-order valence-electron chi connectivity index (χ4n) is 2.68. The number of sulfonamides is 1. The Labute approximate surface area is 167 Å². The van der Waals surface area contributed by atoms with Gasteiger partial charge in [-0.2, -0.15) is 0 Å². The highest BCUT2D eigenvalue weighted by atomic mass is 32.2. The number of amides is 1. The fourth-order valence-corrected chi connectivity index (χ4v) is 4.10. The van der Waals surface area contributed by atoms with E-state index in [4.69, 9.17) is 10.5 Å². The Morgan fingerprint density at radius 3 is 1.96 bits per heavy atom. The molecular formula is C21H28N2O4S. The molecule has 0 spiro atoms. The van der Waals surface area contributed by atoms with E-state index < -0.39 is 33.0 Å². The molecule has 0 fully saturated rings. The van der Waals surface area contributed by atoms with Crippen LogP contribution in [0.1, 0.15) is 46.3 Å². The van der Waals surface area contributed by atoms with Gasteiger partial charge in [0.2, 0.25) is 15.9 Å². The Morgan fingerprint density at radius 2 is 1.50 bits per heavy atom. The molecule has 0 aliphatic rings. The van der Waals surface area contributed by atoms with Crippen LogP contribution < -0.4 is 15.2 Å². The van der Waals surface area contributed by atoms with Gasteiger partial charge in [0.05, 0.1) is 10.3 Å². The summed E-state index contributed by atoms with van der Waals surface area (Å²) in [5, 5.41) is 0. The van der Waals surface area contributed by atoms with Gasteiger partial charge in [-0.25, -0.2) is 13.1 Å². The van der Waals surface area contributed by atoms with Crippen LogP contribution in [0.5, 0.6) is 5.75 Å². The van der Waals surface area contributed by atoms with E-state index in [-0.39, 0.29) is 4.90 Å². The van der Waals surface area contributed by atoms with Crippen molar-refractivity contribution in [1.82, 2.24) is 4.72 Å². The summed E-state index contributed by atoms with van der Waals surface area (Å²) in [6, 6.07) is 15.4. The topological polar surface area (TPSA) is 98.5 Å². The lowest BCUT2D eigenvalue weighted by molar-refractivity contribution is -0.131. The van der Waals surface area contributed by atoms with Crippen LogP contribution in [0.15, 0.2) is 59.5 Å². The maximum Gasteiger partial charge on any atom is 0.241 e. The largest absolute Gasteiger partial charge is 0.485 e. The maximum atomic E-state index is 12.4. The molecule has 1 amide bonds. The van der Waals surface area contributed by atoms with E-state index in [0.717, 1.165) is 5.56 Å². The first kappa shape index (κ1) is 21.9. The minimum Gasteiger partial charge on any atom is -0.485 e. The molecule has 2 aromatic rings. The van der Waals surface area contributed by atoms with E-state index in [1.54, 1.807) is 46.8 Å². The Hall–Kier alpha value is -2.38. The molecule has 0 bridgehead atoms. The average Bonchev–Trinajstić information content (AvgIpc) is 2.58. The second kappa shape index (κ2) is 7.93. The summed E-state index contributed by atoms with van der Waals surface area (Å²) in [6.07, 6.45) is -0.624. The first-order chi connectivity index (χ1) is 12.8. The molecule has 1 unspecified atom stereocenters. The normalized spacial score (nSPS) is 13.8. The summed E-state index contributed by atoms with van der Waals surface area (Å²) in [4.78, 5) is 12.1. The van der Waals surface area contributed by atoms with Gasteiger partial charge in [-0.05, 0) is 64.4 Å². The zero-order chi connectivity index (χ0) is 21.2. The van der Waals surface area contributed by atoms with Crippen molar-refractivity contribution in [2.45, 2.75) is 51.2 Å². The number of rotatable bonds is 7. The molecule has 3 N–H and O–H groups in total. The molecule has 7 heteroatoms. The molecule has 152 valence electrons. The van der Waals surface area contributed by atoms with Gasteiger partial charge in [-0.15, -0.1) is 0 Å². The summed E-state index contributed by atoms with van der Waals surface area (Å²) in [5.41, 5.74) is 4.84. The highest BCUT2D eigenvalue weighted by Gasteiger charge is 2.38. The van der Waals surface area contributed by atoms with Crippen LogP contribution in [0.2, 0.25) is 0 Å². The third-order valence-corrected chi connectivity index (χ3v) is 6.00. The summed E-state index contributed by atoms with van der Waals surface area (Å²) >= 11 is 0. The molecule has 0 heterocycles. The third kappa shape index (κ3) is 5.33. The van der Waals surface area contributed by atoms with E-state index in [1.165, 1.54) is 12.1 Å². The Balaban J connectivity index is 2.32. The van der Waals surface area contributed by atoms with Crippen LogP contribution in [0.4, 0.5) is 0 Å². The first-order valence-corrected chi connectivity index (χ1v) is 10.5. The number of nitrogens with two attached hydrogens (primary N) is 1. The maximum absolute atomic E-state index is 12.4. The quantitative estimate of drug-likeness (QED) is 0.739. The van der Waals surface area contributed by atoms with Gasteiger partial charge < -0.3 is 10.5 Å². The fraction of sp³-hybridized carbons (Fsp3) is 0.381. The predicted molar refractivity (Wildman–Crippen MR) is 109 cm³/mol. The summed E-state index contributed by atoms with van der Waals surface area (Å²) in [7, 11) is -3.64. The van der Waals surface area contributed by atoms with Gasteiger partial charge in [-0.3, -0.25) is 4.79 Å². The highest BCUT2D eigenvalue weighted by Crippen LogP contribution is 2.37. The van der Waals surface area contributed by atoms with E-state index >= 15 is 0 Å². The molecule has 0 aliphatic heterocycles. The van der Waals surface area contributed by atoms with E-state index in [1.807, 2.05) is 30.3 Å². The number of nitrogens with one attached hydrogen (secondary N) is 1. The molecule has 0 radical (unpaired) electrons. The SMILES string of the molecule is CC(C)(C)NS(=O)(=O)c1ccc(OC(c2ccccc2)C(C)(C)C(N)=O)cc1. The highest BCUT2D eigenvalue weighted by molar-refractivity contribution is 7.89. The lowest BCUT2D eigenvalue weighted by atomic mass is 9.82. The molecule has 0 saturated heterocycles. The van der Waals surface area contributed by atoms with Gasteiger partial charge in [-0.1, -0.05) is 30.3 Å². The van der Waals surface area contributed by atoms with Gasteiger partial charge in [0.15, 0.2) is 0 Å². The Morgan fingerprint density at radius 1 is 0.964 bits per heavy atom. The second-order valence-electron chi connectivity index (χ2n) is 8.32. The summed E-state index contributed by atoms with van der Waals surface area (Å²) in [5.74, 6) is -0.0483. The van der Waals surface area contributed by atoms with Crippen molar-refractivity contribution in [2.75, 3.05) is 0 Å². The van der Waals surface area contributed by atoms with Gasteiger partial charge >= 0.3 is 0 Å². The van der Waals surface area contributed by atoms with Crippen LogP contribution in [0.3, 0.4) is 0 Å². The van der Waals surface area contributed by atoms with Crippen LogP contribution in [0.25, 0.3) is 0 Å². The number of carbonyl (C=O) groups excluding carboxylic acids is 1. The molecule has 0 aromatic heterocycles. The minimum absolute atomic E-state index is 0.139. The number of hydrogen-bond acceptors (Lipinski definition) is 4. The molecule has 2 rings (SSSR count). The van der Waals surface area contributed by atoms with Crippen molar-refractivity contribution in [2.24, 2.45) is 11.1 Å². The standard InChI is InChI=1S/C21H28N2O4S/c1-20(2,3)23-28(25,26)17-13-11-16(12-14-17)27-18(21(4,5)19(22)24)15-9-7-6-8-10-15/h6-14,18,23H,1-5H3,(H2,22,24). The van der Waals surface area contributed by atoms with Crippen molar-refractivity contribution < 1.29 is 17.9 Å². The molecule has 6 nitrogen and oxygen atoms in total. The number of ether oxygens (including phenoxy) is 1. The first-order valence-electron chi connectivity index (χ1n) is 8.98. The van der Waals surface area contributed by atoms with Gasteiger partial charge in [0.25, 0.3) is 0 Å². The number of hydrogen-bond donors (Lipinski definition) is 2. The Kier molecular flexibility index (Phi) is 6.21. The van der Waals surface area contributed by atoms with Crippen molar-refractivity contribution in [3.63, 3.8) is 0 Å². The lowest BCUT2D eigenvalue weighted by Gasteiger charge is -2.32. The molecule has 0 aliphatic carbocycles. The van der Waals surface area contributed by atoms with Crippen LogP contribution in [0, 0.1) is 5.41 Å². The van der Waals surface area contributed by atoms with Gasteiger partial charge in [0.1, 0.15) is 11.9 Å². The molecular weight excluding hydrogens is 376 g/mol. The van der Waals surface area contributed by atoms with E-state index in [0.29, 0.717) is 5.75 Å². The smallest absolute Gasteiger partial charge is 0.241 e. The summed E-state index contributed by atoms with van der Waals surface area (Å²) in [6.45, 7) is 8.77. The predicted octanol–water partition coefficient (Wildman–Crippen LogP) is 3.40. The number of carbonyl (C=O) groups is 1. The third-order valence-electron chi connectivity index (χ3n) is 4.22. The molecule has 28 heavy (non-hydrogen) atoms. The number of benzene rings is 2. The van der Waals surface area contributed by atoms with Crippen molar-refractivity contribution in [3.8, 4) is 5.75 Å². The zero-order valence-corrected chi connectivity index (χ0v) is 17.7. The summed E-state index contributed by atoms with van der Waals surface area (Å²) < 4.78 is 33.6. The zero-order valence-electron chi connectivity index (χ0n) is 16.9. The Bertz CT molecular complexity index is 915. The van der Waals surface area contributed by atoms with E-state index in [2.05, 4.69) is 4.72 Å². The van der Waals surface area contributed by atoms with Gasteiger partial charge in [0, 0.05) is 5.54 Å². The molecule has 0 saturated carbocycles. The van der Waals surface area contributed by atoms with Crippen LogP contribution in [-0.4, -0.2) is 19.9 Å². The van der Waals surface area contributed by atoms with Crippen molar-refractivity contribution >= 4 is 15.9 Å².